The number of aromatic nitrogens is 2. The van der Waals surface area contributed by atoms with Gasteiger partial charge in [0, 0.05) is 18.6 Å². The van der Waals surface area contributed by atoms with Gasteiger partial charge in [0.1, 0.15) is 0 Å². The van der Waals surface area contributed by atoms with Crippen molar-refractivity contribution in [2.75, 3.05) is 0 Å². The normalized spacial score (nSPS) is 18.4. The zero-order valence-corrected chi connectivity index (χ0v) is 10.7. The van der Waals surface area contributed by atoms with Gasteiger partial charge in [0.2, 0.25) is 0 Å². The monoisotopic (exact) mass is 221 g/mol. The molecular formula is C13H23N3. The Balaban J connectivity index is 1.98. The number of nitrogens with zero attached hydrogens (tertiary/aromatic N) is 2. The number of hydrogen-bond acceptors (Lipinski definition) is 2. The molecule has 0 bridgehead atoms. The van der Waals surface area contributed by atoms with Crippen LogP contribution in [0.3, 0.4) is 0 Å². The molecule has 1 fully saturated rings. The van der Waals surface area contributed by atoms with E-state index in [2.05, 4.69) is 41.9 Å². The van der Waals surface area contributed by atoms with Crippen LogP contribution in [0.2, 0.25) is 0 Å². The smallest absolute Gasteiger partial charge is 0.0597 e. The molecule has 1 saturated carbocycles. The van der Waals surface area contributed by atoms with Crippen LogP contribution in [-0.4, -0.2) is 15.3 Å². The predicted octanol–water partition coefficient (Wildman–Crippen LogP) is 2.63. The minimum Gasteiger partial charge on any atom is -0.306 e. The van der Waals surface area contributed by atoms with Gasteiger partial charge >= 0.3 is 0 Å². The summed E-state index contributed by atoms with van der Waals surface area (Å²) in [7, 11) is 0. The number of aryl methyl sites for hydroxylation is 2. The Morgan fingerprint density at radius 3 is 2.69 bits per heavy atom. The number of nitrogens with one attached hydrogen (secondary N) is 1. The molecule has 16 heavy (non-hydrogen) atoms. The van der Waals surface area contributed by atoms with Gasteiger partial charge in [-0.2, -0.15) is 5.10 Å². The predicted molar refractivity (Wildman–Crippen MR) is 66.4 cm³/mol. The van der Waals surface area contributed by atoms with Crippen LogP contribution in [0.4, 0.5) is 0 Å². The van der Waals surface area contributed by atoms with Crippen LogP contribution >= 0.6 is 0 Å². The maximum atomic E-state index is 4.48. The lowest BCUT2D eigenvalue weighted by Crippen LogP contribution is -2.50. The second kappa shape index (κ2) is 4.58. The van der Waals surface area contributed by atoms with Gasteiger partial charge in [-0.05, 0) is 45.6 Å². The van der Waals surface area contributed by atoms with Crippen LogP contribution in [0.25, 0.3) is 0 Å². The summed E-state index contributed by atoms with van der Waals surface area (Å²) in [4.78, 5) is 0. The van der Waals surface area contributed by atoms with Gasteiger partial charge in [0.25, 0.3) is 0 Å². The van der Waals surface area contributed by atoms with E-state index in [1.165, 1.54) is 31.4 Å². The molecule has 0 unspecified atom stereocenters. The Bertz CT molecular complexity index is 345. The lowest BCUT2D eigenvalue weighted by Gasteiger charge is -2.42. The minimum atomic E-state index is 0.427. The van der Waals surface area contributed by atoms with Crippen molar-refractivity contribution in [2.24, 2.45) is 0 Å². The van der Waals surface area contributed by atoms with Crippen molar-refractivity contribution in [3.8, 4) is 0 Å². The van der Waals surface area contributed by atoms with Gasteiger partial charge in [-0.25, -0.2) is 0 Å². The van der Waals surface area contributed by atoms with E-state index in [-0.39, 0.29) is 0 Å². The second-order valence-corrected chi connectivity index (χ2v) is 4.93. The van der Waals surface area contributed by atoms with E-state index in [0.29, 0.717) is 5.54 Å². The Morgan fingerprint density at radius 1 is 1.44 bits per heavy atom. The molecule has 1 aromatic rings. The maximum absolute atomic E-state index is 4.48. The van der Waals surface area contributed by atoms with Crippen LogP contribution < -0.4 is 5.32 Å². The van der Waals surface area contributed by atoms with Gasteiger partial charge in [-0.3, -0.25) is 4.68 Å². The maximum Gasteiger partial charge on any atom is 0.0597 e. The van der Waals surface area contributed by atoms with Crippen molar-refractivity contribution >= 4 is 0 Å². The third-order valence-corrected chi connectivity index (χ3v) is 3.92. The molecule has 3 heteroatoms. The second-order valence-electron chi connectivity index (χ2n) is 4.93. The van der Waals surface area contributed by atoms with Crippen molar-refractivity contribution in [3.05, 3.63) is 17.5 Å². The van der Waals surface area contributed by atoms with Gasteiger partial charge in [-0.1, -0.05) is 6.92 Å². The summed E-state index contributed by atoms with van der Waals surface area (Å²) >= 11 is 0. The Labute approximate surface area is 98.2 Å². The van der Waals surface area contributed by atoms with E-state index < -0.39 is 0 Å². The summed E-state index contributed by atoms with van der Waals surface area (Å²) in [6.45, 7) is 8.42. The number of rotatable bonds is 5. The van der Waals surface area contributed by atoms with Crippen molar-refractivity contribution in [1.29, 1.82) is 0 Å². The van der Waals surface area contributed by atoms with E-state index in [1.807, 2.05) is 0 Å². The van der Waals surface area contributed by atoms with Crippen LogP contribution in [-0.2, 0) is 13.1 Å². The first-order chi connectivity index (χ1) is 7.69. The van der Waals surface area contributed by atoms with Gasteiger partial charge < -0.3 is 5.32 Å². The molecule has 1 aliphatic rings. The summed E-state index contributed by atoms with van der Waals surface area (Å²) < 4.78 is 2.10. The van der Waals surface area contributed by atoms with Crippen LogP contribution in [0, 0.1) is 6.92 Å². The average Bonchev–Trinajstić information content (AvgIpc) is 2.58. The molecule has 1 N–H and O–H groups in total. The zero-order chi connectivity index (χ0) is 11.6. The highest BCUT2D eigenvalue weighted by atomic mass is 15.3. The zero-order valence-electron chi connectivity index (χ0n) is 10.7. The fraction of sp³-hybridized carbons (Fsp3) is 0.769. The first-order valence-corrected chi connectivity index (χ1v) is 6.47. The Morgan fingerprint density at radius 2 is 2.19 bits per heavy atom. The van der Waals surface area contributed by atoms with Crippen LogP contribution in [0.1, 0.15) is 50.9 Å². The van der Waals surface area contributed by atoms with Gasteiger partial charge in [0.05, 0.1) is 11.4 Å². The van der Waals surface area contributed by atoms with E-state index in [4.69, 9.17) is 0 Å². The quantitative estimate of drug-likeness (QED) is 0.828. The highest BCUT2D eigenvalue weighted by molar-refractivity contribution is 5.10. The fourth-order valence-electron chi connectivity index (χ4n) is 2.55. The highest BCUT2D eigenvalue weighted by Crippen LogP contribution is 2.34. The van der Waals surface area contributed by atoms with E-state index in [1.54, 1.807) is 0 Å². The van der Waals surface area contributed by atoms with Gasteiger partial charge in [0.15, 0.2) is 0 Å². The first kappa shape index (κ1) is 11.6. The Hall–Kier alpha value is -0.830. The first-order valence-electron chi connectivity index (χ1n) is 6.47. The molecule has 0 saturated heterocycles. The summed E-state index contributed by atoms with van der Waals surface area (Å²) in [6.07, 6.45) is 5.30. The SMILES string of the molecule is CCn1nc(C)cc1CNC1(CC)CCC1. The van der Waals surface area contributed by atoms with Crippen molar-refractivity contribution in [3.63, 3.8) is 0 Å². The lowest BCUT2D eigenvalue weighted by atomic mass is 9.75. The molecule has 0 atom stereocenters. The standard InChI is InChI=1S/C13H23N3/c1-4-13(7-6-8-13)14-10-12-9-11(3)15-16(12)5-2/h9,14H,4-8,10H2,1-3H3. The summed E-state index contributed by atoms with van der Waals surface area (Å²) in [6, 6.07) is 2.19. The summed E-state index contributed by atoms with van der Waals surface area (Å²) in [5.41, 5.74) is 2.87. The topological polar surface area (TPSA) is 29.9 Å². The van der Waals surface area contributed by atoms with Crippen molar-refractivity contribution in [2.45, 2.75) is 65.1 Å². The molecule has 90 valence electrons. The van der Waals surface area contributed by atoms with Crippen LogP contribution in [0.5, 0.6) is 0 Å². The highest BCUT2D eigenvalue weighted by Gasteiger charge is 2.34. The molecule has 0 amide bonds. The molecule has 1 heterocycles. The summed E-state index contributed by atoms with van der Waals surface area (Å²) in [5, 5.41) is 8.20. The summed E-state index contributed by atoms with van der Waals surface area (Å²) in [5.74, 6) is 0. The molecule has 0 aromatic carbocycles. The van der Waals surface area contributed by atoms with Crippen molar-refractivity contribution < 1.29 is 0 Å². The Kier molecular flexibility index (Phi) is 3.33. The van der Waals surface area contributed by atoms with E-state index in [0.717, 1.165) is 18.8 Å². The van der Waals surface area contributed by atoms with Crippen LogP contribution in [0.15, 0.2) is 6.07 Å². The average molecular weight is 221 g/mol. The molecule has 1 aliphatic carbocycles. The molecule has 2 rings (SSSR count). The lowest BCUT2D eigenvalue weighted by molar-refractivity contribution is 0.174. The number of hydrogen-bond donors (Lipinski definition) is 1. The van der Waals surface area contributed by atoms with E-state index >= 15 is 0 Å². The third kappa shape index (κ3) is 2.14. The molecule has 3 nitrogen and oxygen atoms in total. The third-order valence-electron chi connectivity index (χ3n) is 3.92. The molecule has 0 aliphatic heterocycles. The van der Waals surface area contributed by atoms with Gasteiger partial charge in [-0.15, -0.1) is 0 Å². The molecule has 1 aromatic heterocycles. The van der Waals surface area contributed by atoms with Crippen molar-refractivity contribution in [1.82, 2.24) is 15.1 Å². The van der Waals surface area contributed by atoms with E-state index in [9.17, 15) is 0 Å². The fourth-order valence-corrected chi connectivity index (χ4v) is 2.55. The molecule has 0 radical (unpaired) electrons. The molecular weight excluding hydrogens is 198 g/mol. The minimum absolute atomic E-state index is 0.427. The largest absolute Gasteiger partial charge is 0.306 e. The molecule has 0 spiro atoms.